The number of carbonyl (C=O) groups excluding carboxylic acids is 1. The van der Waals surface area contributed by atoms with Gasteiger partial charge in [-0.3, -0.25) is 14.1 Å². The van der Waals surface area contributed by atoms with Gasteiger partial charge in [0.05, 0.1) is 6.67 Å². The highest BCUT2D eigenvalue weighted by Crippen LogP contribution is 2.60. The lowest BCUT2D eigenvalue weighted by Gasteiger charge is -2.58. The number of hydrogen-bond donors (Lipinski definition) is 1. The van der Waals surface area contributed by atoms with Crippen molar-refractivity contribution in [1.29, 1.82) is 0 Å². The first-order valence-corrected chi connectivity index (χ1v) is 10.6. The summed E-state index contributed by atoms with van der Waals surface area (Å²) in [6, 6.07) is 5.67. The van der Waals surface area contributed by atoms with Crippen molar-refractivity contribution in [2.75, 3.05) is 19.8 Å². The van der Waals surface area contributed by atoms with Crippen LogP contribution in [0.15, 0.2) is 30.6 Å². The van der Waals surface area contributed by atoms with E-state index < -0.39 is 0 Å². The molecule has 0 aliphatic heterocycles. The van der Waals surface area contributed by atoms with Crippen LogP contribution < -0.4 is 5.32 Å². The fraction of sp³-hybridized carbons (Fsp3) is 0.636. The first kappa shape index (κ1) is 17.2. The predicted octanol–water partition coefficient (Wildman–Crippen LogP) is 3.56. The smallest absolute Gasteiger partial charge is 0.269 e. The van der Waals surface area contributed by atoms with Gasteiger partial charge in [0.25, 0.3) is 5.91 Å². The monoisotopic (exact) mass is 366 g/mol. The second kappa shape index (κ2) is 6.62. The molecule has 0 unspecified atom stereocenters. The van der Waals surface area contributed by atoms with E-state index in [0.717, 1.165) is 36.5 Å². The Morgan fingerprint density at radius 2 is 1.93 bits per heavy atom. The molecule has 4 aliphatic rings. The third-order valence-corrected chi connectivity index (χ3v) is 7.30. The Morgan fingerprint density at radius 3 is 2.59 bits per heavy atom. The fourth-order valence-electron chi connectivity index (χ4n) is 6.64. The Morgan fingerprint density at radius 1 is 1.22 bits per heavy atom. The molecule has 5 heteroatoms. The van der Waals surface area contributed by atoms with Gasteiger partial charge in [-0.1, -0.05) is 13.0 Å². The van der Waals surface area contributed by atoms with Crippen LogP contribution in [-0.4, -0.2) is 39.9 Å². The van der Waals surface area contributed by atoms with Gasteiger partial charge < -0.3 is 5.32 Å². The minimum Gasteiger partial charge on any atom is -0.338 e. The average molecular weight is 367 g/mol. The highest BCUT2D eigenvalue weighted by Gasteiger charge is 2.51. The Balaban J connectivity index is 1.25. The maximum Gasteiger partial charge on any atom is 0.269 e. The Hall–Kier alpha value is -1.88. The van der Waals surface area contributed by atoms with Gasteiger partial charge in [-0.05, 0) is 80.4 Å². The Bertz CT molecular complexity index is 806. The molecule has 0 saturated heterocycles. The number of aromatic nitrogens is 2. The summed E-state index contributed by atoms with van der Waals surface area (Å²) in [6.45, 7) is 4.96. The summed E-state index contributed by atoms with van der Waals surface area (Å²) in [5, 5.41) is 3.15. The molecule has 0 aromatic carbocycles. The van der Waals surface area contributed by atoms with Crippen LogP contribution in [0.1, 0.15) is 55.9 Å². The molecule has 27 heavy (non-hydrogen) atoms. The van der Waals surface area contributed by atoms with Crippen LogP contribution in [-0.2, 0) is 0 Å². The summed E-state index contributed by atoms with van der Waals surface area (Å²) in [6.07, 6.45) is 12.3. The topological polar surface area (TPSA) is 49.6 Å². The minimum absolute atomic E-state index is 0.0254. The molecule has 0 radical (unpaired) electrons. The lowest BCUT2D eigenvalue weighted by Crippen LogP contribution is -2.52. The highest BCUT2D eigenvalue weighted by molar-refractivity contribution is 5.93. The van der Waals surface area contributed by atoms with Crippen molar-refractivity contribution in [3.63, 3.8) is 0 Å². The number of rotatable bonds is 6. The number of nitrogens with one attached hydrogen (secondary N) is 1. The van der Waals surface area contributed by atoms with Crippen molar-refractivity contribution in [2.24, 2.45) is 23.2 Å². The molecule has 144 valence electrons. The summed E-state index contributed by atoms with van der Waals surface area (Å²) in [7, 11) is 0. The van der Waals surface area contributed by atoms with E-state index in [1.165, 1.54) is 38.5 Å². The van der Waals surface area contributed by atoms with E-state index in [2.05, 4.69) is 22.1 Å². The number of carbonyl (C=O) groups is 1. The standard InChI is InChI=1S/C22H30N4O/c1-2-25(14-22-11-16-8-17(12-22)10-18(9-16)13-22)15-24-21(27)19-4-3-5-20-23-6-7-26(19)20/h3-7,16-18H,2,8-15H2,1H3,(H,24,27). The predicted molar refractivity (Wildman–Crippen MR) is 105 cm³/mol. The van der Waals surface area contributed by atoms with Gasteiger partial charge >= 0.3 is 0 Å². The van der Waals surface area contributed by atoms with Crippen LogP contribution in [0, 0.1) is 23.2 Å². The third-order valence-electron chi connectivity index (χ3n) is 7.30. The number of fused-ring (bicyclic) bond motifs is 1. The first-order valence-electron chi connectivity index (χ1n) is 10.6. The number of hydrogen-bond acceptors (Lipinski definition) is 3. The molecule has 4 saturated carbocycles. The van der Waals surface area contributed by atoms with E-state index >= 15 is 0 Å². The SMILES string of the molecule is CCN(CNC(=O)c1cccc2nccn12)CC12CC3CC(CC(C3)C1)C2. The molecule has 1 N–H and O–H groups in total. The van der Waals surface area contributed by atoms with Crippen molar-refractivity contribution in [2.45, 2.75) is 45.4 Å². The highest BCUT2D eigenvalue weighted by atomic mass is 16.2. The van der Waals surface area contributed by atoms with Crippen molar-refractivity contribution < 1.29 is 4.79 Å². The molecule has 1 amide bonds. The molecule has 6 rings (SSSR count). The number of amides is 1. The lowest BCUT2D eigenvalue weighted by atomic mass is 9.49. The van der Waals surface area contributed by atoms with Gasteiger partial charge in [-0.25, -0.2) is 4.98 Å². The molecule has 0 spiro atoms. The second-order valence-electron chi connectivity index (χ2n) is 9.29. The van der Waals surface area contributed by atoms with Gasteiger partial charge in [-0.15, -0.1) is 0 Å². The van der Waals surface area contributed by atoms with Gasteiger partial charge in [-0.2, -0.15) is 0 Å². The van der Waals surface area contributed by atoms with Crippen LogP contribution in [0.2, 0.25) is 0 Å². The summed E-state index contributed by atoms with van der Waals surface area (Å²) >= 11 is 0. The number of imidazole rings is 1. The molecule has 4 aliphatic carbocycles. The van der Waals surface area contributed by atoms with Gasteiger partial charge in [0.2, 0.25) is 0 Å². The first-order chi connectivity index (χ1) is 13.1. The average Bonchev–Trinajstić information content (AvgIpc) is 3.12. The summed E-state index contributed by atoms with van der Waals surface area (Å²) in [5.74, 6) is 2.90. The maximum absolute atomic E-state index is 12.8. The normalized spacial score (nSPS) is 31.7. The molecular formula is C22H30N4O. The van der Waals surface area contributed by atoms with Crippen molar-refractivity contribution in [3.8, 4) is 0 Å². The minimum atomic E-state index is -0.0254. The van der Waals surface area contributed by atoms with Crippen molar-refractivity contribution >= 4 is 11.6 Å². The molecular weight excluding hydrogens is 336 g/mol. The summed E-state index contributed by atoms with van der Waals surface area (Å²) < 4.78 is 1.85. The molecule has 0 atom stereocenters. The molecule has 2 aromatic heterocycles. The van der Waals surface area contributed by atoms with E-state index in [1.807, 2.05) is 28.8 Å². The molecule has 4 bridgehead atoms. The molecule has 5 nitrogen and oxygen atoms in total. The molecule has 4 fully saturated rings. The quantitative estimate of drug-likeness (QED) is 0.795. The van der Waals surface area contributed by atoms with Crippen LogP contribution in [0.25, 0.3) is 5.65 Å². The van der Waals surface area contributed by atoms with Crippen LogP contribution in [0.3, 0.4) is 0 Å². The summed E-state index contributed by atoms with van der Waals surface area (Å²) in [4.78, 5) is 19.5. The van der Waals surface area contributed by atoms with Crippen molar-refractivity contribution in [1.82, 2.24) is 19.6 Å². The lowest BCUT2D eigenvalue weighted by molar-refractivity contribution is -0.0691. The zero-order valence-electron chi connectivity index (χ0n) is 16.2. The van der Waals surface area contributed by atoms with Gasteiger partial charge in [0.15, 0.2) is 0 Å². The van der Waals surface area contributed by atoms with Crippen LogP contribution in [0.5, 0.6) is 0 Å². The van der Waals surface area contributed by atoms with E-state index in [9.17, 15) is 4.79 Å². The number of pyridine rings is 1. The largest absolute Gasteiger partial charge is 0.338 e. The third kappa shape index (κ3) is 3.16. The van der Waals surface area contributed by atoms with Gasteiger partial charge in [0, 0.05) is 18.9 Å². The van der Waals surface area contributed by atoms with Crippen molar-refractivity contribution in [3.05, 3.63) is 36.3 Å². The van der Waals surface area contributed by atoms with E-state index in [1.54, 1.807) is 6.20 Å². The second-order valence-corrected chi connectivity index (χ2v) is 9.29. The van der Waals surface area contributed by atoms with Crippen LogP contribution in [0.4, 0.5) is 0 Å². The van der Waals surface area contributed by atoms with Crippen LogP contribution >= 0.6 is 0 Å². The molecule has 2 heterocycles. The summed E-state index contributed by atoms with van der Waals surface area (Å²) in [5.41, 5.74) is 1.97. The van der Waals surface area contributed by atoms with Gasteiger partial charge in [0.1, 0.15) is 11.3 Å². The Kier molecular flexibility index (Phi) is 4.23. The Labute approximate surface area is 161 Å². The zero-order chi connectivity index (χ0) is 18.4. The van der Waals surface area contributed by atoms with E-state index in [0.29, 0.717) is 17.8 Å². The molecule has 2 aromatic rings. The van der Waals surface area contributed by atoms with E-state index in [4.69, 9.17) is 0 Å². The zero-order valence-corrected chi connectivity index (χ0v) is 16.2. The fourth-order valence-corrected chi connectivity index (χ4v) is 6.64. The number of nitrogens with zero attached hydrogens (tertiary/aromatic N) is 3. The van der Waals surface area contributed by atoms with E-state index in [-0.39, 0.29) is 5.91 Å². The maximum atomic E-state index is 12.8.